The first-order chi connectivity index (χ1) is 15.1. The minimum absolute atomic E-state index is 0.193. The number of fused-ring (bicyclic) bond motifs is 2. The van der Waals surface area contributed by atoms with E-state index in [9.17, 15) is 4.79 Å². The van der Waals surface area contributed by atoms with E-state index in [2.05, 4.69) is 46.5 Å². The van der Waals surface area contributed by atoms with Gasteiger partial charge in [-0.3, -0.25) is 4.98 Å². The Bertz CT molecular complexity index is 1250. The van der Waals surface area contributed by atoms with E-state index in [1.807, 2.05) is 24.3 Å². The summed E-state index contributed by atoms with van der Waals surface area (Å²) >= 11 is 0. The number of methoxy groups -OCH3 is 1. The molecule has 0 unspecified atom stereocenters. The van der Waals surface area contributed by atoms with E-state index in [-0.39, 0.29) is 13.2 Å². The van der Waals surface area contributed by atoms with Gasteiger partial charge in [-0.15, -0.1) is 5.10 Å². The van der Waals surface area contributed by atoms with Crippen LogP contribution in [0.3, 0.4) is 0 Å². The first kappa shape index (κ1) is 20.1. The Hall–Kier alpha value is -4.15. The van der Waals surface area contributed by atoms with Crippen LogP contribution in [-0.4, -0.2) is 62.0 Å². The van der Waals surface area contributed by atoms with Gasteiger partial charge < -0.3 is 14.9 Å². The Balaban J connectivity index is 1.49. The highest BCUT2D eigenvalue weighted by molar-refractivity contribution is 5.97. The number of rotatable bonds is 7. The molecule has 0 bridgehead atoms. The number of carbonyl (C=O) groups is 1. The largest absolute Gasteiger partial charge is 0.453 e. The van der Waals surface area contributed by atoms with E-state index in [0.29, 0.717) is 29.2 Å². The van der Waals surface area contributed by atoms with Crippen LogP contribution in [0.15, 0.2) is 47.9 Å². The molecule has 0 aliphatic carbocycles. The van der Waals surface area contributed by atoms with Crippen molar-refractivity contribution in [3.8, 4) is 0 Å². The average molecular weight is 420 g/mol. The zero-order chi connectivity index (χ0) is 21.6. The van der Waals surface area contributed by atoms with Crippen molar-refractivity contribution in [3.63, 3.8) is 0 Å². The predicted octanol–water partition coefficient (Wildman–Crippen LogP) is 1.91. The van der Waals surface area contributed by atoms with Gasteiger partial charge in [-0.1, -0.05) is 22.5 Å². The lowest BCUT2D eigenvalue weighted by molar-refractivity contribution is 0.136. The Morgan fingerprint density at radius 3 is 3.03 bits per heavy atom. The van der Waals surface area contributed by atoms with Gasteiger partial charge in [0.05, 0.1) is 31.9 Å². The molecule has 4 rings (SSSR count). The molecule has 0 saturated carbocycles. The van der Waals surface area contributed by atoms with Gasteiger partial charge >= 0.3 is 6.09 Å². The first-order valence-electron chi connectivity index (χ1n) is 9.52. The molecule has 1 aromatic carbocycles. The van der Waals surface area contributed by atoms with Crippen molar-refractivity contribution in [2.24, 2.45) is 5.16 Å². The molecule has 11 nitrogen and oxygen atoms in total. The fourth-order valence-electron chi connectivity index (χ4n) is 2.89. The first-order valence-corrected chi connectivity index (χ1v) is 9.52. The van der Waals surface area contributed by atoms with Gasteiger partial charge in [0, 0.05) is 11.6 Å². The van der Waals surface area contributed by atoms with Crippen LogP contribution in [0.2, 0.25) is 0 Å². The summed E-state index contributed by atoms with van der Waals surface area (Å²) in [5.41, 5.74) is 4.06. The highest BCUT2D eigenvalue weighted by atomic mass is 16.6. The molecule has 11 heteroatoms. The van der Waals surface area contributed by atoms with Crippen molar-refractivity contribution in [1.82, 2.24) is 35.3 Å². The summed E-state index contributed by atoms with van der Waals surface area (Å²) in [5, 5.41) is 15.9. The summed E-state index contributed by atoms with van der Waals surface area (Å²) in [4.78, 5) is 29.5. The number of ether oxygens (including phenoxy) is 1. The van der Waals surface area contributed by atoms with Gasteiger partial charge in [-0.05, 0) is 30.7 Å². The predicted molar refractivity (Wildman–Crippen MR) is 113 cm³/mol. The molecule has 4 aromatic rings. The van der Waals surface area contributed by atoms with Crippen LogP contribution in [0.4, 0.5) is 4.79 Å². The Morgan fingerprint density at radius 2 is 2.16 bits per heavy atom. The summed E-state index contributed by atoms with van der Waals surface area (Å²) in [6, 6.07) is 9.97. The maximum absolute atomic E-state index is 11.0. The van der Waals surface area contributed by atoms with E-state index in [0.717, 1.165) is 16.5 Å². The van der Waals surface area contributed by atoms with E-state index >= 15 is 0 Å². The van der Waals surface area contributed by atoms with Crippen LogP contribution >= 0.6 is 0 Å². The number of hydrogen-bond acceptors (Lipinski definition) is 9. The summed E-state index contributed by atoms with van der Waals surface area (Å²) in [6.07, 6.45) is 2.81. The van der Waals surface area contributed by atoms with Crippen molar-refractivity contribution in [3.05, 3.63) is 54.0 Å². The Labute approximate surface area is 177 Å². The molecular formula is C20H20N8O3. The molecule has 3 heterocycles. The molecule has 3 aromatic heterocycles. The lowest BCUT2D eigenvalue weighted by Crippen LogP contribution is -2.26. The summed E-state index contributed by atoms with van der Waals surface area (Å²) in [5.74, 6) is 0. The fourth-order valence-corrected chi connectivity index (χ4v) is 2.89. The highest BCUT2D eigenvalue weighted by Crippen LogP contribution is 2.15. The number of benzene rings is 1. The zero-order valence-electron chi connectivity index (χ0n) is 17.0. The SMILES string of the molecule is COC(=O)NCCO/N=C(/C)c1cnc2nnn(Cc3ccc4ncccc4c3)c2n1. The van der Waals surface area contributed by atoms with Crippen molar-refractivity contribution in [2.75, 3.05) is 20.3 Å². The molecule has 1 N–H and O–H groups in total. The molecule has 0 aliphatic rings. The molecule has 31 heavy (non-hydrogen) atoms. The highest BCUT2D eigenvalue weighted by Gasteiger charge is 2.11. The third-order valence-corrected chi connectivity index (χ3v) is 4.45. The minimum atomic E-state index is -0.524. The monoisotopic (exact) mass is 420 g/mol. The number of nitrogens with zero attached hydrogens (tertiary/aromatic N) is 7. The number of oxime groups is 1. The third-order valence-electron chi connectivity index (χ3n) is 4.45. The molecular weight excluding hydrogens is 400 g/mol. The number of hydrogen-bond donors (Lipinski definition) is 1. The quantitative estimate of drug-likeness (QED) is 0.273. The molecule has 0 spiro atoms. The lowest BCUT2D eigenvalue weighted by atomic mass is 10.1. The summed E-state index contributed by atoms with van der Waals surface area (Å²) < 4.78 is 6.17. The normalized spacial score (nSPS) is 11.6. The number of aromatic nitrogens is 6. The van der Waals surface area contributed by atoms with Crippen molar-refractivity contribution < 1.29 is 14.4 Å². The van der Waals surface area contributed by atoms with Crippen LogP contribution in [-0.2, 0) is 16.1 Å². The number of nitrogens with one attached hydrogen (secondary N) is 1. The van der Waals surface area contributed by atoms with E-state index < -0.39 is 6.09 Å². The number of carbonyl (C=O) groups excluding carboxylic acids is 1. The van der Waals surface area contributed by atoms with E-state index in [1.54, 1.807) is 24.0 Å². The van der Waals surface area contributed by atoms with Crippen LogP contribution in [0.1, 0.15) is 18.2 Å². The second kappa shape index (κ2) is 9.11. The van der Waals surface area contributed by atoms with Crippen LogP contribution in [0.25, 0.3) is 22.2 Å². The van der Waals surface area contributed by atoms with Gasteiger partial charge in [-0.2, -0.15) is 0 Å². The number of pyridine rings is 1. The van der Waals surface area contributed by atoms with Gasteiger partial charge in [0.2, 0.25) is 5.65 Å². The number of alkyl carbamates (subject to hydrolysis) is 1. The van der Waals surface area contributed by atoms with Crippen molar-refractivity contribution in [1.29, 1.82) is 0 Å². The van der Waals surface area contributed by atoms with Crippen LogP contribution < -0.4 is 5.32 Å². The Morgan fingerprint density at radius 1 is 1.26 bits per heavy atom. The van der Waals surface area contributed by atoms with Crippen molar-refractivity contribution in [2.45, 2.75) is 13.5 Å². The zero-order valence-corrected chi connectivity index (χ0v) is 17.0. The average Bonchev–Trinajstić information content (AvgIpc) is 3.20. The molecule has 1 amide bonds. The topological polar surface area (TPSA) is 129 Å². The smallest absolute Gasteiger partial charge is 0.406 e. The van der Waals surface area contributed by atoms with Gasteiger partial charge in [-0.25, -0.2) is 19.4 Å². The third kappa shape index (κ3) is 4.71. The van der Waals surface area contributed by atoms with Gasteiger partial charge in [0.1, 0.15) is 18.0 Å². The minimum Gasteiger partial charge on any atom is -0.453 e. The standard InChI is InChI=1S/C20H20N8O3/c1-13(26-31-9-8-22-20(29)30-2)17-11-23-18-19(24-17)28(27-25-18)12-14-5-6-16-15(10-14)4-3-7-21-16/h3-7,10-11H,8-9,12H2,1-2H3,(H,22,29)/b26-13-. The molecule has 0 saturated heterocycles. The van der Waals surface area contributed by atoms with Crippen molar-refractivity contribution >= 4 is 34.0 Å². The summed E-state index contributed by atoms with van der Waals surface area (Å²) in [6.45, 7) is 2.71. The molecule has 158 valence electrons. The van der Waals surface area contributed by atoms with Gasteiger partial charge in [0.25, 0.3) is 0 Å². The summed E-state index contributed by atoms with van der Waals surface area (Å²) in [7, 11) is 1.30. The lowest BCUT2D eigenvalue weighted by Gasteiger charge is -2.05. The molecule has 0 atom stereocenters. The maximum atomic E-state index is 11.0. The molecule has 0 aliphatic heterocycles. The maximum Gasteiger partial charge on any atom is 0.406 e. The van der Waals surface area contributed by atoms with Crippen LogP contribution in [0, 0.1) is 0 Å². The van der Waals surface area contributed by atoms with Gasteiger partial charge in [0.15, 0.2) is 5.65 Å². The van der Waals surface area contributed by atoms with Crippen LogP contribution in [0.5, 0.6) is 0 Å². The second-order valence-corrected chi connectivity index (χ2v) is 6.61. The second-order valence-electron chi connectivity index (χ2n) is 6.61. The molecule has 0 radical (unpaired) electrons. The van der Waals surface area contributed by atoms with E-state index in [4.69, 9.17) is 4.84 Å². The molecule has 0 fully saturated rings. The van der Waals surface area contributed by atoms with E-state index in [1.165, 1.54) is 7.11 Å². The Kier molecular flexibility index (Phi) is 5.92. The number of amides is 1. The fraction of sp³-hybridized carbons (Fsp3) is 0.250.